The second kappa shape index (κ2) is 13.0. The fraction of sp³-hybridized carbons (Fsp3) is 0.500. The smallest absolute Gasteiger partial charge is 0.344 e. The highest BCUT2D eigenvalue weighted by Crippen LogP contribution is 2.39. The van der Waals surface area contributed by atoms with Gasteiger partial charge in [-0.15, -0.1) is 0 Å². The minimum Gasteiger partial charge on any atom is -0.479 e. The van der Waals surface area contributed by atoms with E-state index in [0.717, 1.165) is 11.3 Å². The summed E-state index contributed by atoms with van der Waals surface area (Å²) in [5.74, 6) is -2.41. The monoisotopic (exact) mass is 596 g/mol. The summed E-state index contributed by atoms with van der Waals surface area (Å²) < 4.78 is 20.1. The van der Waals surface area contributed by atoms with E-state index in [1.165, 1.54) is 12.1 Å². The molecule has 0 aliphatic carbocycles. The lowest BCUT2D eigenvalue weighted by Crippen LogP contribution is -2.60. The Morgan fingerprint density at radius 1 is 1.07 bits per heavy atom. The number of amides is 3. The van der Waals surface area contributed by atoms with Gasteiger partial charge in [0.15, 0.2) is 6.10 Å². The maximum atomic E-state index is 14.5. The molecule has 2 aromatic carbocycles. The predicted molar refractivity (Wildman–Crippen MR) is 159 cm³/mol. The molecule has 2 aliphatic rings. The van der Waals surface area contributed by atoms with Crippen LogP contribution in [0.15, 0.2) is 42.5 Å². The molecule has 0 saturated carbocycles. The molecule has 2 saturated heterocycles. The summed E-state index contributed by atoms with van der Waals surface area (Å²) in [4.78, 5) is 56.9. The van der Waals surface area contributed by atoms with E-state index < -0.39 is 35.4 Å². The molecule has 2 heterocycles. The van der Waals surface area contributed by atoms with Gasteiger partial charge in [-0.2, -0.15) is 0 Å². The molecule has 43 heavy (non-hydrogen) atoms. The third kappa shape index (κ3) is 6.45. The fourth-order valence-electron chi connectivity index (χ4n) is 5.86. The summed E-state index contributed by atoms with van der Waals surface area (Å²) in [6.45, 7) is 8.31. The van der Waals surface area contributed by atoms with E-state index in [-0.39, 0.29) is 23.3 Å². The highest BCUT2D eigenvalue weighted by molar-refractivity contribution is 5.98. The topological polar surface area (TPSA) is 119 Å². The third-order valence-corrected chi connectivity index (χ3v) is 8.49. The second-order valence-corrected chi connectivity index (χ2v) is 11.6. The van der Waals surface area contributed by atoms with Crippen molar-refractivity contribution in [3.05, 3.63) is 59.4 Å². The van der Waals surface area contributed by atoms with Gasteiger partial charge in [0.1, 0.15) is 23.1 Å². The van der Waals surface area contributed by atoms with Crippen molar-refractivity contribution in [1.82, 2.24) is 15.1 Å². The molecular weight excluding hydrogens is 555 g/mol. The number of hydrogen-bond donors (Lipinski definition) is 2. The molecule has 10 nitrogen and oxygen atoms in total. The van der Waals surface area contributed by atoms with Gasteiger partial charge in [0.2, 0.25) is 11.8 Å². The Bertz CT molecular complexity index is 1360. The van der Waals surface area contributed by atoms with Crippen LogP contribution in [0.3, 0.4) is 0 Å². The molecular formula is C32H41FN4O6. The largest absolute Gasteiger partial charge is 0.479 e. The molecule has 2 N–H and O–H groups in total. The lowest BCUT2D eigenvalue weighted by atomic mass is 9.85. The van der Waals surface area contributed by atoms with Gasteiger partial charge in [-0.05, 0) is 73.6 Å². The number of nitrogens with zero attached hydrogens (tertiary/aromatic N) is 3. The van der Waals surface area contributed by atoms with Gasteiger partial charge in [0.05, 0.1) is 12.2 Å². The molecule has 11 heteroatoms. The van der Waals surface area contributed by atoms with Crippen molar-refractivity contribution in [3.63, 3.8) is 0 Å². The Kier molecular flexibility index (Phi) is 9.62. The molecule has 2 fully saturated rings. The van der Waals surface area contributed by atoms with Gasteiger partial charge >= 0.3 is 5.97 Å². The van der Waals surface area contributed by atoms with Crippen LogP contribution in [0.1, 0.15) is 62.9 Å². The highest BCUT2D eigenvalue weighted by Gasteiger charge is 2.53. The maximum Gasteiger partial charge on any atom is 0.344 e. The van der Waals surface area contributed by atoms with Gasteiger partial charge in [-0.25, -0.2) is 9.18 Å². The van der Waals surface area contributed by atoms with Crippen LogP contribution in [0.4, 0.5) is 10.1 Å². The first-order valence-electron chi connectivity index (χ1n) is 14.8. The number of carboxylic acids is 1. The van der Waals surface area contributed by atoms with E-state index in [2.05, 4.69) is 5.32 Å². The van der Waals surface area contributed by atoms with E-state index in [9.17, 15) is 28.7 Å². The summed E-state index contributed by atoms with van der Waals surface area (Å²) in [6, 6.07) is 10.6. The average molecular weight is 597 g/mol. The van der Waals surface area contributed by atoms with E-state index in [4.69, 9.17) is 4.74 Å². The van der Waals surface area contributed by atoms with Crippen molar-refractivity contribution in [3.8, 4) is 5.75 Å². The number of benzene rings is 2. The first-order chi connectivity index (χ1) is 20.4. The Balaban J connectivity index is 1.47. The molecule has 3 amide bonds. The number of hydrogen-bond acceptors (Lipinski definition) is 6. The number of rotatable bonds is 10. The lowest BCUT2D eigenvalue weighted by Gasteiger charge is -2.44. The second-order valence-electron chi connectivity index (χ2n) is 11.6. The fourth-order valence-corrected chi connectivity index (χ4v) is 5.86. The van der Waals surface area contributed by atoms with Crippen molar-refractivity contribution < 1.29 is 33.4 Å². The van der Waals surface area contributed by atoms with Crippen molar-refractivity contribution in [2.24, 2.45) is 5.92 Å². The van der Waals surface area contributed by atoms with Crippen molar-refractivity contribution >= 4 is 29.4 Å². The quantitative estimate of drug-likeness (QED) is 0.430. The number of aryl methyl sites for hydroxylation is 1. The SMILES string of the molecule is CCc1ccc(F)c(C(=O)NC(C(=O)N2CCC3(CC2)C(=O)N(C)CN3c2ccc(OC(CC)C(=O)O)cc2)C(C)C)c1. The summed E-state index contributed by atoms with van der Waals surface area (Å²) >= 11 is 0. The molecule has 0 bridgehead atoms. The third-order valence-electron chi connectivity index (χ3n) is 8.49. The van der Waals surface area contributed by atoms with Gasteiger partial charge < -0.3 is 29.9 Å². The van der Waals surface area contributed by atoms with Crippen molar-refractivity contribution in [2.45, 2.75) is 71.1 Å². The Hall–Kier alpha value is -4.15. The number of carboxylic acid groups (broad SMARTS) is 1. The maximum absolute atomic E-state index is 14.5. The number of nitrogens with one attached hydrogen (secondary N) is 1. The Morgan fingerprint density at radius 2 is 1.72 bits per heavy atom. The number of carbonyl (C=O) groups is 4. The van der Waals surface area contributed by atoms with Gasteiger partial charge in [0, 0.05) is 25.8 Å². The van der Waals surface area contributed by atoms with Gasteiger partial charge in [-0.3, -0.25) is 14.4 Å². The van der Waals surface area contributed by atoms with Crippen LogP contribution in [0.5, 0.6) is 5.75 Å². The summed E-state index contributed by atoms with van der Waals surface area (Å²) in [5, 5.41) is 12.1. The van der Waals surface area contributed by atoms with Gasteiger partial charge in [-0.1, -0.05) is 33.8 Å². The molecule has 0 radical (unpaired) electrons. The number of likely N-dealkylation sites (tertiary alicyclic amines) is 1. The first-order valence-corrected chi connectivity index (χ1v) is 14.8. The zero-order chi connectivity index (χ0) is 31.5. The number of carbonyl (C=O) groups excluding carboxylic acids is 3. The zero-order valence-electron chi connectivity index (χ0n) is 25.4. The molecule has 1 spiro atoms. The standard InChI is InChI=1S/C32H41FN4O6/c1-6-21-8-13-25(33)24(18-21)28(38)34-27(20(3)4)29(39)36-16-14-32(15-17-36)31(42)35(5)19-37(32)22-9-11-23(12-10-22)43-26(7-2)30(40)41/h8-13,18,20,26-27H,6-7,14-17,19H2,1-5H3,(H,34,38)(H,40,41). The Morgan fingerprint density at radius 3 is 2.28 bits per heavy atom. The van der Waals surface area contributed by atoms with E-state index in [1.54, 1.807) is 42.0 Å². The van der Waals surface area contributed by atoms with Crippen LogP contribution in [-0.4, -0.2) is 83.1 Å². The summed E-state index contributed by atoms with van der Waals surface area (Å²) in [5.41, 5.74) is 0.678. The van der Waals surface area contributed by atoms with Crippen LogP contribution in [0, 0.1) is 11.7 Å². The van der Waals surface area contributed by atoms with Crippen LogP contribution in [0.2, 0.25) is 0 Å². The van der Waals surface area contributed by atoms with E-state index in [1.807, 2.05) is 37.8 Å². The molecule has 2 aliphatic heterocycles. The average Bonchev–Trinajstić information content (AvgIpc) is 3.23. The minimum atomic E-state index is -1.03. The number of halogens is 1. The number of ether oxygens (including phenoxy) is 1. The predicted octanol–water partition coefficient (Wildman–Crippen LogP) is 3.68. The molecule has 232 valence electrons. The summed E-state index contributed by atoms with van der Waals surface area (Å²) in [6.07, 6.45) is 0.811. The van der Waals surface area contributed by atoms with E-state index >= 15 is 0 Å². The Labute approximate surface area is 251 Å². The van der Waals surface area contributed by atoms with Crippen LogP contribution < -0.4 is 15.0 Å². The number of anilines is 1. The molecule has 2 aromatic rings. The number of piperidine rings is 1. The minimum absolute atomic E-state index is 0.0307. The van der Waals surface area contributed by atoms with E-state index in [0.29, 0.717) is 51.2 Å². The first kappa shape index (κ1) is 31.8. The van der Waals surface area contributed by atoms with Crippen LogP contribution in [-0.2, 0) is 20.8 Å². The normalized spacial score (nSPS) is 17.7. The molecule has 4 rings (SSSR count). The molecule has 2 atom stereocenters. The highest BCUT2D eigenvalue weighted by atomic mass is 19.1. The van der Waals surface area contributed by atoms with Gasteiger partial charge in [0.25, 0.3) is 5.91 Å². The lowest BCUT2D eigenvalue weighted by molar-refractivity contribution is -0.145. The number of likely N-dealkylation sites (N-methyl/N-ethyl adjacent to an activating group) is 1. The van der Waals surface area contributed by atoms with Crippen molar-refractivity contribution in [1.29, 1.82) is 0 Å². The summed E-state index contributed by atoms with van der Waals surface area (Å²) in [7, 11) is 1.74. The van der Waals surface area contributed by atoms with Crippen LogP contribution in [0.25, 0.3) is 0 Å². The molecule has 2 unspecified atom stereocenters. The van der Waals surface area contributed by atoms with Crippen LogP contribution >= 0.6 is 0 Å². The number of aliphatic carboxylic acids is 1. The zero-order valence-corrected chi connectivity index (χ0v) is 25.4. The van der Waals surface area contributed by atoms with Crippen molar-refractivity contribution in [2.75, 3.05) is 31.7 Å². The molecule has 0 aromatic heterocycles.